The van der Waals surface area contributed by atoms with Gasteiger partial charge in [0.1, 0.15) is 23.1 Å². The van der Waals surface area contributed by atoms with Gasteiger partial charge >= 0.3 is 0 Å². The molecule has 3 nitrogen and oxygen atoms in total. The van der Waals surface area contributed by atoms with Crippen LogP contribution in [0.3, 0.4) is 0 Å². The maximum absolute atomic E-state index is 6.09. The van der Waals surface area contributed by atoms with Gasteiger partial charge in [0.05, 0.1) is 17.8 Å². The Hall–Kier alpha value is -1.16. The average Bonchev–Trinajstić information content (AvgIpc) is 3.17. The standard InChI is InChI=1S/C15H15Cl2NO2/c16-12-2-1-3-13(15(12)17)20-9-10-6-7-19-14(10)8-18-11-4-5-11/h1-3,6-7,11,18H,4-5,8-9H2. The Balaban J connectivity index is 1.62. The molecule has 20 heavy (non-hydrogen) atoms. The quantitative estimate of drug-likeness (QED) is 0.857. The lowest BCUT2D eigenvalue weighted by molar-refractivity contribution is 0.301. The summed E-state index contributed by atoms with van der Waals surface area (Å²) in [4.78, 5) is 0. The molecule has 0 radical (unpaired) electrons. The molecule has 2 aromatic rings. The predicted octanol–water partition coefficient (Wildman–Crippen LogP) is 4.42. The van der Waals surface area contributed by atoms with E-state index in [9.17, 15) is 0 Å². The van der Waals surface area contributed by atoms with Crippen molar-refractivity contribution >= 4 is 23.2 Å². The first-order valence-corrected chi connectivity index (χ1v) is 7.35. The highest BCUT2D eigenvalue weighted by Crippen LogP contribution is 2.32. The van der Waals surface area contributed by atoms with Gasteiger partial charge in [0, 0.05) is 11.6 Å². The molecule has 1 N–H and O–H groups in total. The normalized spacial score (nSPS) is 14.5. The number of nitrogens with one attached hydrogen (secondary N) is 1. The number of furan rings is 1. The second-order valence-electron chi connectivity index (χ2n) is 4.86. The third-order valence-corrected chi connectivity index (χ3v) is 4.07. The molecule has 1 aliphatic rings. The van der Waals surface area contributed by atoms with Crippen molar-refractivity contribution in [2.24, 2.45) is 0 Å². The van der Waals surface area contributed by atoms with Crippen molar-refractivity contribution in [2.45, 2.75) is 32.0 Å². The third kappa shape index (κ3) is 3.29. The zero-order valence-electron chi connectivity index (χ0n) is 10.9. The van der Waals surface area contributed by atoms with E-state index < -0.39 is 0 Å². The van der Waals surface area contributed by atoms with E-state index in [1.165, 1.54) is 12.8 Å². The van der Waals surface area contributed by atoms with Gasteiger partial charge in [-0.2, -0.15) is 0 Å². The molecule has 0 atom stereocenters. The van der Waals surface area contributed by atoms with Crippen LogP contribution in [0.4, 0.5) is 0 Å². The number of ether oxygens (including phenoxy) is 1. The molecule has 1 aliphatic carbocycles. The summed E-state index contributed by atoms with van der Waals surface area (Å²) in [6, 6.07) is 7.92. The topological polar surface area (TPSA) is 34.4 Å². The minimum atomic E-state index is 0.415. The highest BCUT2D eigenvalue weighted by Gasteiger charge is 2.21. The number of hydrogen-bond donors (Lipinski definition) is 1. The molecule has 0 bridgehead atoms. The van der Waals surface area contributed by atoms with Gasteiger partial charge in [-0.3, -0.25) is 0 Å². The van der Waals surface area contributed by atoms with E-state index in [4.69, 9.17) is 32.4 Å². The molecule has 3 rings (SSSR count). The first-order chi connectivity index (χ1) is 9.74. The van der Waals surface area contributed by atoms with Crippen LogP contribution < -0.4 is 10.1 Å². The fraction of sp³-hybridized carbons (Fsp3) is 0.333. The van der Waals surface area contributed by atoms with Gasteiger partial charge in [-0.05, 0) is 31.0 Å². The molecule has 0 aliphatic heterocycles. The number of benzene rings is 1. The van der Waals surface area contributed by atoms with Crippen LogP contribution in [0.5, 0.6) is 5.75 Å². The zero-order valence-corrected chi connectivity index (χ0v) is 12.4. The Bertz CT molecular complexity index is 593. The number of rotatable bonds is 6. The van der Waals surface area contributed by atoms with Crippen LogP contribution in [0.2, 0.25) is 10.0 Å². The molecule has 106 valence electrons. The molecular formula is C15H15Cl2NO2. The van der Waals surface area contributed by atoms with E-state index in [1.54, 1.807) is 18.4 Å². The molecule has 1 aromatic carbocycles. The van der Waals surface area contributed by atoms with E-state index in [0.717, 1.165) is 17.9 Å². The van der Waals surface area contributed by atoms with Gasteiger partial charge in [-0.15, -0.1) is 0 Å². The van der Waals surface area contributed by atoms with E-state index in [-0.39, 0.29) is 0 Å². The summed E-state index contributed by atoms with van der Waals surface area (Å²) < 4.78 is 11.2. The minimum Gasteiger partial charge on any atom is -0.487 e. The molecule has 5 heteroatoms. The summed E-state index contributed by atoms with van der Waals surface area (Å²) in [6.45, 7) is 1.15. The molecule has 1 fully saturated rings. The van der Waals surface area contributed by atoms with Crippen molar-refractivity contribution in [3.05, 3.63) is 51.9 Å². The lowest BCUT2D eigenvalue weighted by atomic mass is 10.2. The summed E-state index contributed by atoms with van der Waals surface area (Å²) in [6.07, 6.45) is 4.19. The van der Waals surface area contributed by atoms with Crippen molar-refractivity contribution in [2.75, 3.05) is 0 Å². The Morgan fingerprint density at radius 1 is 1.25 bits per heavy atom. The Morgan fingerprint density at radius 2 is 2.10 bits per heavy atom. The first kappa shape index (κ1) is 13.8. The largest absolute Gasteiger partial charge is 0.487 e. The van der Waals surface area contributed by atoms with Gasteiger partial charge in [0.25, 0.3) is 0 Å². The average molecular weight is 312 g/mol. The predicted molar refractivity (Wildman–Crippen MR) is 79.4 cm³/mol. The van der Waals surface area contributed by atoms with E-state index in [1.807, 2.05) is 12.1 Å². The molecule has 1 aromatic heterocycles. The second kappa shape index (κ2) is 6.08. The van der Waals surface area contributed by atoms with Crippen LogP contribution in [0.25, 0.3) is 0 Å². The number of hydrogen-bond acceptors (Lipinski definition) is 3. The Morgan fingerprint density at radius 3 is 2.90 bits per heavy atom. The fourth-order valence-corrected chi connectivity index (χ4v) is 2.27. The highest BCUT2D eigenvalue weighted by atomic mass is 35.5. The van der Waals surface area contributed by atoms with Crippen LogP contribution in [0.15, 0.2) is 34.9 Å². The Kier molecular flexibility index (Phi) is 4.20. The molecule has 0 amide bonds. The van der Waals surface area contributed by atoms with Gasteiger partial charge in [0.2, 0.25) is 0 Å². The molecule has 0 saturated heterocycles. The summed E-state index contributed by atoms with van der Waals surface area (Å²) in [5, 5.41) is 4.35. The van der Waals surface area contributed by atoms with Gasteiger partial charge in [-0.1, -0.05) is 29.3 Å². The summed E-state index contributed by atoms with van der Waals surface area (Å²) >= 11 is 12.0. The van der Waals surface area contributed by atoms with E-state index in [2.05, 4.69) is 5.32 Å². The lowest BCUT2D eigenvalue weighted by Gasteiger charge is -2.09. The smallest absolute Gasteiger partial charge is 0.139 e. The third-order valence-electron chi connectivity index (χ3n) is 3.27. The van der Waals surface area contributed by atoms with E-state index >= 15 is 0 Å². The molecule has 1 saturated carbocycles. The molecule has 1 heterocycles. The Labute approximate surface area is 127 Å². The highest BCUT2D eigenvalue weighted by molar-refractivity contribution is 6.42. The van der Waals surface area contributed by atoms with Crippen molar-refractivity contribution < 1.29 is 9.15 Å². The van der Waals surface area contributed by atoms with Crippen LogP contribution >= 0.6 is 23.2 Å². The van der Waals surface area contributed by atoms with Crippen molar-refractivity contribution in [3.8, 4) is 5.75 Å². The second-order valence-corrected chi connectivity index (χ2v) is 5.65. The van der Waals surface area contributed by atoms with Gasteiger partial charge in [-0.25, -0.2) is 0 Å². The van der Waals surface area contributed by atoms with Crippen LogP contribution in [-0.2, 0) is 13.2 Å². The molecule has 0 unspecified atom stereocenters. The van der Waals surface area contributed by atoms with Gasteiger partial charge < -0.3 is 14.5 Å². The zero-order chi connectivity index (χ0) is 13.9. The lowest BCUT2D eigenvalue weighted by Crippen LogP contribution is -2.16. The first-order valence-electron chi connectivity index (χ1n) is 6.59. The number of halogens is 2. The summed E-state index contributed by atoms with van der Waals surface area (Å²) in [7, 11) is 0. The van der Waals surface area contributed by atoms with Crippen LogP contribution in [-0.4, -0.2) is 6.04 Å². The summed E-state index contributed by atoms with van der Waals surface area (Å²) in [5.74, 6) is 1.50. The minimum absolute atomic E-state index is 0.415. The van der Waals surface area contributed by atoms with Crippen molar-refractivity contribution in [1.29, 1.82) is 0 Å². The molecular weight excluding hydrogens is 297 g/mol. The van der Waals surface area contributed by atoms with Crippen molar-refractivity contribution in [3.63, 3.8) is 0 Å². The monoisotopic (exact) mass is 311 g/mol. The van der Waals surface area contributed by atoms with E-state index in [0.29, 0.717) is 28.4 Å². The van der Waals surface area contributed by atoms with Gasteiger partial charge in [0.15, 0.2) is 0 Å². The fourth-order valence-electron chi connectivity index (χ4n) is 1.93. The summed E-state index contributed by atoms with van der Waals surface area (Å²) in [5.41, 5.74) is 1.02. The van der Waals surface area contributed by atoms with Crippen LogP contribution in [0.1, 0.15) is 24.2 Å². The van der Waals surface area contributed by atoms with Crippen LogP contribution in [0, 0.1) is 0 Å². The maximum atomic E-state index is 6.09. The molecule has 0 spiro atoms. The SMILES string of the molecule is Clc1cccc(OCc2ccoc2CNC2CC2)c1Cl. The maximum Gasteiger partial charge on any atom is 0.139 e. The van der Waals surface area contributed by atoms with Crippen molar-refractivity contribution in [1.82, 2.24) is 5.32 Å².